The lowest BCUT2D eigenvalue weighted by Gasteiger charge is -2.33. The highest BCUT2D eigenvalue weighted by Crippen LogP contribution is 2.30. The first-order chi connectivity index (χ1) is 10.4. The van der Waals surface area contributed by atoms with Gasteiger partial charge in [0.15, 0.2) is 0 Å². The standard InChI is InChI=1S/C15H18F3N3O/c16-12-1-2-13(19-9-12)21-6-3-11(10-21)14(22)20-7-4-15(17,18)5-8-20/h1-2,9,11H,3-8,10H2. The Bertz CT molecular complexity index is 539. The molecule has 7 heteroatoms. The normalized spacial score (nSPS) is 24.6. The van der Waals surface area contributed by atoms with Crippen LogP contribution in [0.4, 0.5) is 19.0 Å². The summed E-state index contributed by atoms with van der Waals surface area (Å²) in [4.78, 5) is 19.9. The Kier molecular flexibility index (Phi) is 3.97. The molecule has 2 aliphatic heterocycles. The molecule has 2 aliphatic rings. The van der Waals surface area contributed by atoms with Gasteiger partial charge in [-0.15, -0.1) is 0 Å². The Morgan fingerprint density at radius 3 is 2.59 bits per heavy atom. The molecule has 22 heavy (non-hydrogen) atoms. The zero-order chi connectivity index (χ0) is 15.7. The molecular weight excluding hydrogens is 295 g/mol. The number of rotatable bonds is 2. The largest absolute Gasteiger partial charge is 0.356 e. The fraction of sp³-hybridized carbons (Fsp3) is 0.600. The van der Waals surface area contributed by atoms with Crippen LogP contribution in [0.2, 0.25) is 0 Å². The van der Waals surface area contributed by atoms with E-state index in [9.17, 15) is 18.0 Å². The Balaban J connectivity index is 1.58. The first kappa shape index (κ1) is 15.1. The van der Waals surface area contributed by atoms with Crippen LogP contribution in [0.1, 0.15) is 19.3 Å². The van der Waals surface area contributed by atoms with E-state index >= 15 is 0 Å². The second-order valence-electron chi connectivity index (χ2n) is 5.95. The van der Waals surface area contributed by atoms with Crippen LogP contribution in [0.5, 0.6) is 0 Å². The summed E-state index contributed by atoms with van der Waals surface area (Å²) in [6.45, 7) is 1.41. The van der Waals surface area contributed by atoms with Crippen LogP contribution in [0.15, 0.2) is 18.3 Å². The highest BCUT2D eigenvalue weighted by atomic mass is 19.3. The molecule has 0 aliphatic carbocycles. The van der Waals surface area contributed by atoms with Gasteiger partial charge in [-0.2, -0.15) is 0 Å². The van der Waals surface area contributed by atoms with Crippen molar-refractivity contribution in [3.8, 4) is 0 Å². The molecule has 2 saturated heterocycles. The highest BCUT2D eigenvalue weighted by molar-refractivity contribution is 5.80. The predicted octanol–water partition coefficient (Wildman–Crippen LogP) is 2.30. The number of amides is 1. The smallest absolute Gasteiger partial charge is 0.251 e. The summed E-state index contributed by atoms with van der Waals surface area (Å²) in [6.07, 6.45) is 1.31. The first-order valence-electron chi connectivity index (χ1n) is 7.48. The van der Waals surface area contributed by atoms with Crippen molar-refractivity contribution in [2.45, 2.75) is 25.2 Å². The van der Waals surface area contributed by atoms with Gasteiger partial charge >= 0.3 is 0 Å². The summed E-state index contributed by atoms with van der Waals surface area (Å²) in [6, 6.07) is 2.92. The average molecular weight is 313 g/mol. The van der Waals surface area contributed by atoms with Gasteiger partial charge in [0.1, 0.15) is 11.6 Å². The van der Waals surface area contributed by atoms with Crippen molar-refractivity contribution in [1.29, 1.82) is 0 Å². The number of nitrogens with zero attached hydrogens (tertiary/aromatic N) is 3. The number of aromatic nitrogens is 1. The molecule has 0 spiro atoms. The highest BCUT2D eigenvalue weighted by Gasteiger charge is 2.38. The maximum Gasteiger partial charge on any atom is 0.251 e. The van der Waals surface area contributed by atoms with Gasteiger partial charge in [0.25, 0.3) is 5.92 Å². The quantitative estimate of drug-likeness (QED) is 0.841. The predicted molar refractivity (Wildman–Crippen MR) is 75.3 cm³/mol. The lowest BCUT2D eigenvalue weighted by Crippen LogP contribution is -2.45. The van der Waals surface area contributed by atoms with Crippen LogP contribution in [-0.4, -0.2) is 47.9 Å². The number of hydrogen-bond acceptors (Lipinski definition) is 3. The molecule has 0 saturated carbocycles. The van der Waals surface area contributed by atoms with Crippen LogP contribution in [0.25, 0.3) is 0 Å². The summed E-state index contributed by atoms with van der Waals surface area (Å²) in [7, 11) is 0. The molecule has 4 nitrogen and oxygen atoms in total. The Labute approximate surface area is 126 Å². The van der Waals surface area contributed by atoms with Crippen molar-refractivity contribution in [2.75, 3.05) is 31.1 Å². The van der Waals surface area contributed by atoms with Crippen LogP contribution in [0, 0.1) is 11.7 Å². The van der Waals surface area contributed by atoms with Crippen molar-refractivity contribution >= 4 is 11.7 Å². The number of carbonyl (C=O) groups is 1. The van der Waals surface area contributed by atoms with Crippen LogP contribution >= 0.6 is 0 Å². The molecular formula is C15H18F3N3O. The van der Waals surface area contributed by atoms with E-state index in [1.165, 1.54) is 6.07 Å². The number of anilines is 1. The molecule has 120 valence electrons. The molecule has 2 fully saturated rings. The van der Waals surface area contributed by atoms with Gasteiger partial charge in [-0.3, -0.25) is 4.79 Å². The Morgan fingerprint density at radius 1 is 1.23 bits per heavy atom. The number of piperidine rings is 1. The summed E-state index contributed by atoms with van der Waals surface area (Å²) in [5, 5.41) is 0. The molecule has 0 N–H and O–H groups in total. The van der Waals surface area contributed by atoms with Crippen molar-refractivity contribution in [3.05, 3.63) is 24.1 Å². The topological polar surface area (TPSA) is 36.4 Å². The van der Waals surface area contributed by atoms with E-state index in [1.54, 1.807) is 11.0 Å². The Morgan fingerprint density at radius 2 is 1.95 bits per heavy atom. The molecule has 1 unspecified atom stereocenters. The second-order valence-corrected chi connectivity index (χ2v) is 5.95. The average Bonchev–Trinajstić information content (AvgIpc) is 2.97. The summed E-state index contributed by atoms with van der Waals surface area (Å²) in [5.41, 5.74) is 0. The molecule has 1 amide bonds. The fourth-order valence-electron chi connectivity index (χ4n) is 3.04. The molecule has 0 bridgehead atoms. The number of carbonyl (C=O) groups excluding carboxylic acids is 1. The first-order valence-corrected chi connectivity index (χ1v) is 7.48. The van der Waals surface area contributed by atoms with Gasteiger partial charge in [-0.1, -0.05) is 0 Å². The minimum Gasteiger partial charge on any atom is -0.356 e. The summed E-state index contributed by atoms with van der Waals surface area (Å²) in [5.74, 6) is -2.65. The third-order valence-electron chi connectivity index (χ3n) is 4.38. The number of halogens is 3. The fourth-order valence-corrected chi connectivity index (χ4v) is 3.04. The minimum absolute atomic E-state index is 0.0555. The number of hydrogen-bond donors (Lipinski definition) is 0. The van der Waals surface area contributed by atoms with E-state index < -0.39 is 11.7 Å². The van der Waals surface area contributed by atoms with Gasteiger partial charge in [-0.05, 0) is 18.6 Å². The van der Waals surface area contributed by atoms with Gasteiger partial charge in [0.2, 0.25) is 5.91 Å². The molecule has 3 rings (SSSR count). The monoisotopic (exact) mass is 313 g/mol. The minimum atomic E-state index is -2.64. The zero-order valence-electron chi connectivity index (χ0n) is 12.1. The lowest BCUT2D eigenvalue weighted by molar-refractivity contribution is -0.140. The lowest BCUT2D eigenvalue weighted by atomic mass is 10.0. The van der Waals surface area contributed by atoms with Gasteiger partial charge < -0.3 is 9.80 Å². The van der Waals surface area contributed by atoms with E-state index in [1.807, 2.05) is 4.90 Å². The summed E-state index contributed by atoms with van der Waals surface area (Å²) >= 11 is 0. The third-order valence-corrected chi connectivity index (χ3v) is 4.38. The zero-order valence-corrected chi connectivity index (χ0v) is 12.1. The van der Waals surface area contributed by atoms with Crippen molar-refractivity contribution < 1.29 is 18.0 Å². The molecule has 3 heterocycles. The van der Waals surface area contributed by atoms with E-state index in [0.717, 1.165) is 6.20 Å². The van der Waals surface area contributed by atoms with Crippen LogP contribution < -0.4 is 4.90 Å². The van der Waals surface area contributed by atoms with Gasteiger partial charge in [0.05, 0.1) is 12.1 Å². The number of pyridine rings is 1. The SMILES string of the molecule is O=C(C1CCN(c2ccc(F)cn2)C1)N1CCC(F)(F)CC1. The van der Waals surface area contributed by atoms with Gasteiger partial charge in [-0.25, -0.2) is 18.2 Å². The van der Waals surface area contributed by atoms with Crippen LogP contribution in [-0.2, 0) is 4.79 Å². The maximum atomic E-state index is 13.1. The maximum absolute atomic E-state index is 13.1. The second kappa shape index (κ2) is 5.78. The number of likely N-dealkylation sites (tertiary alicyclic amines) is 1. The van der Waals surface area contributed by atoms with Crippen molar-refractivity contribution in [3.63, 3.8) is 0 Å². The third kappa shape index (κ3) is 3.18. The van der Waals surface area contributed by atoms with Gasteiger partial charge in [0, 0.05) is 39.0 Å². The Hall–Kier alpha value is -1.79. The van der Waals surface area contributed by atoms with E-state index in [-0.39, 0.29) is 37.8 Å². The van der Waals surface area contributed by atoms with Crippen molar-refractivity contribution in [2.24, 2.45) is 5.92 Å². The summed E-state index contributed by atoms with van der Waals surface area (Å²) < 4.78 is 39.2. The van der Waals surface area contributed by atoms with E-state index in [2.05, 4.69) is 4.98 Å². The molecule has 1 atom stereocenters. The molecule has 0 aromatic carbocycles. The molecule has 1 aromatic heterocycles. The number of alkyl halides is 2. The van der Waals surface area contributed by atoms with E-state index in [4.69, 9.17) is 0 Å². The van der Waals surface area contributed by atoms with Crippen molar-refractivity contribution in [1.82, 2.24) is 9.88 Å². The molecule has 0 radical (unpaired) electrons. The van der Waals surface area contributed by atoms with Crippen LogP contribution in [0.3, 0.4) is 0 Å². The molecule has 1 aromatic rings. The van der Waals surface area contributed by atoms with E-state index in [0.29, 0.717) is 25.3 Å².